The van der Waals surface area contributed by atoms with Gasteiger partial charge in [-0.1, -0.05) is 36.7 Å². The minimum atomic E-state index is -1.10. The first kappa shape index (κ1) is 18.8. The van der Waals surface area contributed by atoms with Crippen molar-refractivity contribution in [3.63, 3.8) is 0 Å². The van der Waals surface area contributed by atoms with E-state index < -0.39 is 5.60 Å². The van der Waals surface area contributed by atoms with Crippen LogP contribution in [0.5, 0.6) is 5.75 Å². The van der Waals surface area contributed by atoms with E-state index in [-0.39, 0.29) is 11.8 Å². The zero-order valence-electron chi connectivity index (χ0n) is 14.4. The second kappa shape index (κ2) is 8.03. The van der Waals surface area contributed by atoms with Crippen molar-refractivity contribution in [3.8, 4) is 5.75 Å². The van der Waals surface area contributed by atoms with Crippen molar-refractivity contribution in [2.75, 3.05) is 10.6 Å². The summed E-state index contributed by atoms with van der Waals surface area (Å²) in [5, 5.41) is 5.86. The number of rotatable bonds is 6. The third kappa shape index (κ3) is 5.22. The van der Waals surface area contributed by atoms with Gasteiger partial charge in [-0.15, -0.1) is 0 Å². The van der Waals surface area contributed by atoms with Crippen LogP contribution in [0.2, 0.25) is 5.02 Å². The lowest BCUT2D eigenvalue weighted by Gasteiger charge is -2.25. The predicted octanol–water partition coefficient (Wildman–Crippen LogP) is 4.48. The molecule has 0 radical (unpaired) electrons. The first-order chi connectivity index (χ1) is 11.8. The summed E-state index contributed by atoms with van der Waals surface area (Å²) in [6, 6.07) is 14.0. The fourth-order valence-corrected chi connectivity index (χ4v) is 2.22. The van der Waals surface area contributed by atoms with E-state index in [1.54, 1.807) is 51.1 Å². The standard InChI is InChI=1S/C19H21ClN2O3/c1-4-17(23)21-13-10-11-15(20)16(12-13)22-18(24)19(2,3)25-14-8-6-5-7-9-14/h5-12H,4H2,1-3H3,(H,21,23)(H,22,24). The quantitative estimate of drug-likeness (QED) is 0.797. The molecule has 2 aromatic rings. The van der Waals surface area contributed by atoms with Crippen LogP contribution in [0, 0.1) is 0 Å². The van der Waals surface area contributed by atoms with Crippen LogP contribution in [0.25, 0.3) is 0 Å². The van der Waals surface area contributed by atoms with Crippen molar-refractivity contribution in [1.82, 2.24) is 0 Å². The lowest BCUT2D eigenvalue weighted by Crippen LogP contribution is -2.42. The summed E-state index contributed by atoms with van der Waals surface area (Å²) in [6.07, 6.45) is 0.363. The molecule has 0 unspecified atom stereocenters. The average Bonchev–Trinajstić information content (AvgIpc) is 2.58. The van der Waals surface area contributed by atoms with E-state index in [1.165, 1.54) is 0 Å². The molecule has 0 aliphatic rings. The van der Waals surface area contributed by atoms with Crippen LogP contribution < -0.4 is 15.4 Å². The fraction of sp³-hybridized carbons (Fsp3) is 0.263. The number of anilines is 2. The molecule has 2 rings (SSSR count). The van der Waals surface area contributed by atoms with Crippen molar-refractivity contribution in [3.05, 3.63) is 53.6 Å². The summed E-state index contributed by atoms with van der Waals surface area (Å²) in [7, 11) is 0. The summed E-state index contributed by atoms with van der Waals surface area (Å²) >= 11 is 6.15. The number of halogens is 1. The highest BCUT2D eigenvalue weighted by molar-refractivity contribution is 6.34. The molecule has 0 saturated heterocycles. The van der Waals surface area contributed by atoms with Crippen LogP contribution in [0.15, 0.2) is 48.5 Å². The molecular formula is C19H21ClN2O3. The number of hydrogen-bond acceptors (Lipinski definition) is 3. The molecule has 0 bridgehead atoms. The van der Waals surface area contributed by atoms with Crippen LogP contribution in [-0.4, -0.2) is 17.4 Å². The van der Waals surface area contributed by atoms with Gasteiger partial charge in [0.1, 0.15) is 5.75 Å². The van der Waals surface area contributed by atoms with Crippen molar-refractivity contribution in [2.45, 2.75) is 32.8 Å². The minimum absolute atomic E-state index is 0.118. The zero-order valence-corrected chi connectivity index (χ0v) is 15.2. The van der Waals surface area contributed by atoms with Gasteiger partial charge in [-0.3, -0.25) is 9.59 Å². The highest BCUT2D eigenvalue weighted by atomic mass is 35.5. The molecular weight excluding hydrogens is 340 g/mol. The number of carbonyl (C=O) groups excluding carboxylic acids is 2. The number of para-hydroxylation sites is 1. The molecule has 2 N–H and O–H groups in total. The van der Waals surface area contributed by atoms with Gasteiger partial charge in [0, 0.05) is 12.1 Å². The maximum Gasteiger partial charge on any atom is 0.268 e. The minimum Gasteiger partial charge on any atom is -0.478 e. The Hall–Kier alpha value is -2.53. The van der Waals surface area contributed by atoms with E-state index in [0.717, 1.165) is 0 Å². The molecule has 0 fully saturated rings. The van der Waals surface area contributed by atoms with E-state index in [4.69, 9.17) is 16.3 Å². The summed E-state index contributed by atoms with van der Waals surface area (Å²) in [5.41, 5.74) is -0.133. The van der Waals surface area contributed by atoms with Gasteiger partial charge >= 0.3 is 0 Å². The number of hydrogen-bond donors (Lipinski definition) is 2. The highest BCUT2D eigenvalue weighted by Crippen LogP contribution is 2.27. The lowest BCUT2D eigenvalue weighted by molar-refractivity contribution is -0.128. The molecule has 6 heteroatoms. The summed E-state index contributed by atoms with van der Waals surface area (Å²) in [4.78, 5) is 24.1. The molecule has 5 nitrogen and oxygen atoms in total. The van der Waals surface area contributed by atoms with E-state index in [2.05, 4.69) is 10.6 Å². The summed E-state index contributed by atoms with van der Waals surface area (Å²) < 4.78 is 5.76. The third-order valence-corrected chi connectivity index (χ3v) is 3.81. The number of nitrogens with one attached hydrogen (secondary N) is 2. The Kier molecular flexibility index (Phi) is 6.04. The Balaban J connectivity index is 2.13. The second-order valence-electron chi connectivity index (χ2n) is 5.98. The normalized spacial score (nSPS) is 10.9. The Bertz CT molecular complexity index is 761. The number of benzene rings is 2. The molecule has 132 valence electrons. The van der Waals surface area contributed by atoms with Gasteiger partial charge in [0.25, 0.3) is 5.91 Å². The SMILES string of the molecule is CCC(=O)Nc1ccc(Cl)c(NC(=O)C(C)(C)Oc2ccccc2)c1. The summed E-state index contributed by atoms with van der Waals surface area (Å²) in [5.74, 6) is 0.127. The third-order valence-electron chi connectivity index (χ3n) is 3.48. The van der Waals surface area contributed by atoms with Gasteiger partial charge in [-0.05, 0) is 44.2 Å². The molecule has 0 aliphatic heterocycles. The molecule has 0 aliphatic carbocycles. The van der Waals surface area contributed by atoms with E-state index >= 15 is 0 Å². The fourth-order valence-electron chi connectivity index (χ4n) is 2.05. The first-order valence-electron chi connectivity index (χ1n) is 7.96. The number of ether oxygens (including phenoxy) is 1. The highest BCUT2D eigenvalue weighted by Gasteiger charge is 2.30. The van der Waals surface area contributed by atoms with E-state index in [0.29, 0.717) is 28.6 Å². The smallest absolute Gasteiger partial charge is 0.268 e. The van der Waals surface area contributed by atoms with E-state index in [9.17, 15) is 9.59 Å². The van der Waals surface area contributed by atoms with E-state index in [1.807, 2.05) is 18.2 Å². The van der Waals surface area contributed by atoms with Gasteiger partial charge in [0.2, 0.25) is 5.91 Å². The monoisotopic (exact) mass is 360 g/mol. The molecule has 0 spiro atoms. The maximum absolute atomic E-state index is 12.6. The van der Waals surface area contributed by atoms with Crippen LogP contribution in [0.1, 0.15) is 27.2 Å². The molecule has 2 amide bonds. The Morgan fingerprint density at radius 2 is 1.76 bits per heavy atom. The molecule has 0 heterocycles. The van der Waals surface area contributed by atoms with Gasteiger partial charge in [0.15, 0.2) is 5.60 Å². The molecule has 25 heavy (non-hydrogen) atoms. The van der Waals surface area contributed by atoms with Crippen LogP contribution >= 0.6 is 11.6 Å². The predicted molar refractivity (Wildman–Crippen MR) is 100 cm³/mol. The second-order valence-corrected chi connectivity index (χ2v) is 6.38. The zero-order chi connectivity index (χ0) is 18.4. The van der Waals surface area contributed by atoms with Crippen molar-refractivity contribution >= 4 is 34.8 Å². The van der Waals surface area contributed by atoms with Crippen molar-refractivity contribution in [2.24, 2.45) is 0 Å². The molecule has 0 atom stereocenters. The van der Waals surface area contributed by atoms with Gasteiger partial charge in [-0.2, -0.15) is 0 Å². The van der Waals surface area contributed by atoms with Crippen LogP contribution in [0.4, 0.5) is 11.4 Å². The number of carbonyl (C=O) groups is 2. The number of amides is 2. The Morgan fingerprint density at radius 1 is 1.08 bits per heavy atom. The average molecular weight is 361 g/mol. The lowest BCUT2D eigenvalue weighted by atomic mass is 10.1. The maximum atomic E-state index is 12.6. The van der Waals surface area contributed by atoms with Crippen LogP contribution in [0.3, 0.4) is 0 Å². The Morgan fingerprint density at radius 3 is 2.40 bits per heavy atom. The summed E-state index contributed by atoms with van der Waals surface area (Å²) in [6.45, 7) is 5.11. The van der Waals surface area contributed by atoms with Gasteiger partial charge in [-0.25, -0.2) is 0 Å². The Labute approximate surface area is 152 Å². The van der Waals surface area contributed by atoms with Crippen LogP contribution in [-0.2, 0) is 9.59 Å². The van der Waals surface area contributed by atoms with Crippen molar-refractivity contribution < 1.29 is 14.3 Å². The molecule has 2 aromatic carbocycles. The topological polar surface area (TPSA) is 67.4 Å². The van der Waals surface area contributed by atoms with Gasteiger partial charge < -0.3 is 15.4 Å². The van der Waals surface area contributed by atoms with Crippen molar-refractivity contribution in [1.29, 1.82) is 0 Å². The van der Waals surface area contributed by atoms with Gasteiger partial charge in [0.05, 0.1) is 10.7 Å². The first-order valence-corrected chi connectivity index (χ1v) is 8.34. The molecule has 0 saturated carbocycles. The largest absolute Gasteiger partial charge is 0.478 e. The molecule has 0 aromatic heterocycles.